The van der Waals surface area contributed by atoms with Gasteiger partial charge in [0.05, 0.1) is 0 Å². The van der Waals surface area contributed by atoms with E-state index in [-0.39, 0.29) is 0 Å². The summed E-state index contributed by atoms with van der Waals surface area (Å²) < 4.78 is 0. The molecule has 9 rings (SSSR count). The number of hydrogen-bond donors (Lipinski definition) is 0. The van der Waals surface area contributed by atoms with Crippen molar-refractivity contribution >= 4 is 0 Å². The highest BCUT2D eigenvalue weighted by molar-refractivity contribution is 5.45. The Balaban J connectivity index is 1.08. The molecule has 0 unspecified atom stereocenters. The highest BCUT2D eigenvalue weighted by Crippen LogP contribution is 2.25. The first-order valence-corrected chi connectivity index (χ1v) is 21.1. The summed E-state index contributed by atoms with van der Waals surface area (Å²) in [6, 6.07) is 68.0. The molecule has 60 heavy (non-hydrogen) atoms. The Bertz CT molecular complexity index is 2540. The summed E-state index contributed by atoms with van der Waals surface area (Å²) in [4.78, 5) is 0. The van der Waals surface area contributed by atoms with E-state index in [0.29, 0.717) is 0 Å². The molecule has 0 atom stereocenters. The van der Waals surface area contributed by atoms with Crippen LogP contribution in [0.4, 0.5) is 0 Å². The zero-order valence-corrected chi connectivity index (χ0v) is 34.1. The predicted octanol–water partition coefficient (Wildman–Crippen LogP) is 12.7. The molecule has 8 aromatic rings. The number of benzene rings is 8. The summed E-state index contributed by atoms with van der Waals surface area (Å²) in [6.45, 7) is 0. The van der Waals surface area contributed by atoms with E-state index in [1.807, 2.05) is 24.3 Å². The van der Waals surface area contributed by atoms with Crippen LogP contribution in [0.3, 0.4) is 0 Å². The zero-order chi connectivity index (χ0) is 40.7. The van der Waals surface area contributed by atoms with Crippen molar-refractivity contribution in [3.05, 3.63) is 282 Å². The van der Waals surface area contributed by atoms with Crippen LogP contribution in [0.15, 0.2) is 182 Å². The van der Waals surface area contributed by atoms with Gasteiger partial charge in [-0.2, -0.15) is 0 Å². The molecule has 0 fully saturated rings. The maximum atomic E-state index is 5.67. The number of fused-ring (bicyclic) bond motifs is 12. The third-order valence-corrected chi connectivity index (χ3v) is 11.7. The summed E-state index contributed by atoms with van der Waals surface area (Å²) in [5.41, 5.74) is 23.1. The van der Waals surface area contributed by atoms with Gasteiger partial charge in [0.1, 0.15) is 0 Å². The van der Waals surface area contributed by atoms with Crippen LogP contribution in [-0.4, -0.2) is 0 Å². The van der Waals surface area contributed by atoms with E-state index in [0.717, 1.165) is 62.5 Å². The number of terminal acetylenes is 2. The average Bonchev–Trinajstić information content (AvgIpc) is 3.24. The Labute approximate surface area is 356 Å². The van der Waals surface area contributed by atoms with Gasteiger partial charge in [0.2, 0.25) is 0 Å². The van der Waals surface area contributed by atoms with Gasteiger partial charge >= 0.3 is 0 Å². The monoisotopic (exact) mass is 768 g/mol. The number of rotatable bonds is 4. The third-order valence-electron chi connectivity index (χ3n) is 11.7. The van der Waals surface area contributed by atoms with Crippen LogP contribution in [-0.2, 0) is 51.4 Å². The molecule has 8 aromatic carbocycles. The van der Waals surface area contributed by atoms with E-state index >= 15 is 0 Å². The highest BCUT2D eigenvalue weighted by atomic mass is 14.2. The van der Waals surface area contributed by atoms with Crippen molar-refractivity contribution in [1.82, 2.24) is 0 Å². The van der Waals surface area contributed by atoms with Gasteiger partial charge in [0, 0.05) is 11.1 Å². The first kappa shape index (κ1) is 38.4. The quantitative estimate of drug-likeness (QED) is 0.156. The Morgan fingerprint density at radius 2 is 0.500 bits per heavy atom. The van der Waals surface area contributed by atoms with Crippen LogP contribution < -0.4 is 0 Å². The fourth-order valence-corrected chi connectivity index (χ4v) is 9.01. The Morgan fingerprint density at radius 3 is 0.750 bits per heavy atom. The minimum atomic E-state index is 0.865. The zero-order valence-electron chi connectivity index (χ0n) is 34.1. The maximum absolute atomic E-state index is 5.67. The van der Waals surface area contributed by atoms with Gasteiger partial charge < -0.3 is 0 Å². The summed E-state index contributed by atoms with van der Waals surface area (Å²) in [6.07, 6.45) is 18.4. The fourth-order valence-electron chi connectivity index (χ4n) is 9.01. The molecular formula is C60H48. The molecule has 0 aliphatic heterocycles. The minimum Gasteiger partial charge on any atom is -0.115 e. The smallest absolute Gasteiger partial charge is 0.0242 e. The third kappa shape index (κ3) is 9.93. The molecule has 0 N–H and O–H groups in total. The Morgan fingerprint density at radius 1 is 0.267 bits per heavy atom. The molecule has 0 nitrogen and oxygen atoms in total. The second-order valence-corrected chi connectivity index (χ2v) is 16.7. The van der Waals surface area contributed by atoms with Crippen molar-refractivity contribution in [2.45, 2.75) is 51.4 Å². The van der Waals surface area contributed by atoms with Crippen molar-refractivity contribution in [2.75, 3.05) is 0 Å². The van der Waals surface area contributed by atoms with Crippen molar-refractivity contribution in [3.63, 3.8) is 0 Å². The van der Waals surface area contributed by atoms with Crippen molar-refractivity contribution < 1.29 is 0 Å². The molecule has 0 aromatic heterocycles. The largest absolute Gasteiger partial charge is 0.115 e. The van der Waals surface area contributed by atoms with Crippen LogP contribution in [0.5, 0.6) is 0 Å². The fraction of sp³-hybridized carbons (Fsp3) is 0.133. The summed E-state index contributed by atoms with van der Waals surface area (Å²) in [5, 5.41) is 0. The standard InChI is InChI=1S/C60H48/c1-3-43-17-21-45(22-18-43)25-55-37-57-33-51-13-5-9-47(29-51)27-49-11-7-15-53(31-49)35-59-39-56(26-46-23-19-44(4-2)20-24-46)40-60(42-59)36-54-16-8-12-50(32-54)28-48-10-6-14-52(30-48)34-58(38-55)41-57/h1-2,5-24,29-32,37-42H,25-28,33-36H2. The molecule has 0 spiro atoms. The van der Waals surface area contributed by atoms with Crippen LogP contribution in [0.2, 0.25) is 0 Å². The molecule has 0 saturated carbocycles. The van der Waals surface area contributed by atoms with E-state index in [4.69, 9.17) is 12.8 Å². The molecule has 1 aliphatic rings. The predicted molar refractivity (Wildman–Crippen MR) is 250 cm³/mol. The van der Waals surface area contributed by atoms with E-state index in [9.17, 15) is 0 Å². The first-order valence-electron chi connectivity index (χ1n) is 21.1. The average molecular weight is 769 g/mol. The van der Waals surface area contributed by atoms with Gasteiger partial charge in [-0.25, -0.2) is 0 Å². The van der Waals surface area contributed by atoms with Crippen LogP contribution in [0.25, 0.3) is 0 Å². The SMILES string of the molecule is C#Cc1ccc(Cc2cc3cc(c2)Cc2cccc(c2)Cc2cccc(c2)Cc2cc(Cc4ccc(C#C)cc4)cc(c2)Cc2cccc(c2)Cc2cccc(c2)C3)cc1. The van der Waals surface area contributed by atoms with Crippen LogP contribution in [0.1, 0.15) is 100 Å². The minimum absolute atomic E-state index is 0.865. The van der Waals surface area contributed by atoms with Gasteiger partial charge in [-0.3, -0.25) is 0 Å². The van der Waals surface area contributed by atoms with Gasteiger partial charge in [0.15, 0.2) is 0 Å². The Kier molecular flexibility index (Phi) is 11.4. The summed E-state index contributed by atoms with van der Waals surface area (Å²) in [7, 11) is 0. The molecule has 12 bridgehead atoms. The Hall–Kier alpha value is -7.12. The lowest BCUT2D eigenvalue weighted by Crippen LogP contribution is -2.00. The lowest BCUT2D eigenvalue weighted by atomic mass is 9.91. The van der Waals surface area contributed by atoms with Gasteiger partial charge in [-0.05, 0) is 165 Å². The van der Waals surface area contributed by atoms with Gasteiger partial charge in [-0.15, -0.1) is 12.8 Å². The van der Waals surface area contributed by atoms with E-state index in [1.54, 1.807) is 0 Å². The molecule has 1 aliphatic carbocycles. The molecule has 0 heteroatoms. The lowest BCUT2D eigenvalue weighted by Gasteiger charge is -2.14. The van der Waals surface area contributed by atoms with Crippen molar-refractivity contribution in [2.24, 2.45) is 0 Å². The normalized spacial score (nSPS) is 12.4. The topological polar surface area (TPSA) is 0 Å². The second-order valence-electron chi connectivity index (χ2n) is 16.7. The molecule has 0 saturated heterocycles. The summed E-state index contributed by atoms with van der Waals surface area (Å²) >= 11 is 0. The maximum Gasteiger partial charge on any atom is 0.0242 e. The molecular weight excluding hydrogens is 721 g/mol. The highest BCUT2D eigenvalue weighted by Gasteiger charge is 2.11. The van der Waals surface area contributed by atoms with Crippen LogP contribution >= 0.6 is 0 Å². The molecule has 0 amide bonds. The van der Waals surface area contributed by atoms with E-state index in [2.05, 4.69) is 170 Å². The first-order chi connectivity index (χ1) is 29.5. The number of hydrogen-bond acceptors (Lipinski definition) is 0. The lowest BCUT2D eigenvalue weighted by molar-refractivity contribution is 1.07. The molecule has 288 valence electrons. The van der Waals surface area contributed by atoms with E-state index in [1.165, 1.54) is 89.0 Å². The second kappa shape index (κ2) is 17.8. The van der Waals surface area contributed by atoms with Crippen molar-refractivity contribution in [3.8, 4) is 24.7 Å². The van der Waals surface area contributed by atoms with E-state index < -0.39 is 0 Å². The van der Waals surface area contributed by atoms with Crippen LogP contribution in [0, 0.1) is 24.7 Å². The molecule has 0 radical (unpaired) electrons. The van der Waals surface area contributed by atoms with Gasteiger partial charge in [-0.1, -0.05) is 170 Å². The van der Waals surface area contributed by atoms with Crippen molar-refractivity contribution in [1.29, 1.82) is 0 Å². The molecule has 0 heterocycles. The summed E-state index contributed by atoms with van der Waals surface area (Å²) in [5.74, 6) is 5.51. The van der Waals surface area contributed by atoms with Gasteiger partial charge in [0.25, 0.3) is 0 Å².